The minimum atomic E-state index is -0.583. The van der Waals surface area contributed by atoms with E-state index in [2.05, 4.69) is 13.2 Å². The van der Waals surface area contributed by atoms with E-state index in [0.29, 0.717) is 29.7 Å². The van der Waals surface area contributed by atoms with Crippen molar-refractivity contribution in [3.05, 3.63) is 95.8 Å². The second-order valence-corrected chi connectivity index (χ2v) is 9.42. The van der Waals surface area contributed by atoms with Crippen LogP contribution in [-0.4, -0.2) is 30.3 Å². The van der Waals surface area contributed by atoms with E-state index < -0.39 is 18.1 Å². The van der Waals surface area contributed by atoms with E-state index in [9.17, 15) is 9.59 Å². The number of carbonyl (C=O) groups excluding carboxylic acids is 2. The Morgan fingerprint density at radius 3 is 2.62 bits per heavy atom. The van der Waals surface area contributed by atoms with Crippen LogP contribution in [0.1, 0.15) is 38.2 Å². The van der Waals surface area contributed by atoms with Gasteiger partial charge in [0.05, 0.1) is 11.8 Å². The van der Waals surface area contributed by atoms with Crippen molar-refractivity contribution < 1.29 is 23.8 Å². The molecule has 0 spiro atoms. The van der Waals surface area contributed by atoms with Crippen molar-refractivity contribution in [3.8, 4) is 0 Å². The van der Waals surface area contributed by atoms with Crippen LogP contribution < -0.4 is 0 Å². The lowest BCUT2D eigenvalue weighted by Gasteiger charge is -2.27. The lowest BCUT2D eigenvalue weighted by molar-refractivity contribution is -0.151. The topological polar surface area (TPSA) is 61.8 Å². The Bertz CT molecular complexity index is 1270. The predicted molar refractivity (Wildman–Crippen MR) is 130 cm³/mol. The van der Waals surface area contributed by atoms with Crippen LogP contribution in [0.5, 0.6) is 0 Å². The number of esters is 2. The molecule has 2 heterocycles. The molecule has 0 amide bonds. The number of allylic oxidation sites excluding steroid dienone is 1. The molecule has 0 N–H and O–H groups in total. The molecule has 5 heteroatoms. The van der Waals surface area contributed by atoms with Gasteiger partial charge in [-0.25, -0.2) is 4.79 Å². The standard InChI is InChI=1S/C29H28O5/c1-16-11-24-14-23(29(31)33-24)15-26-27(17(2)19(4)32-26)25(12-16)34-28(30)18(3)21-10-9-20-7-5-6-8-22(20)13-21/h5-10,12-14,18,24-27H,2,4,11,15H2,1,3H3/b16-12+/t18-,24-,25-,26+,27+/m1/s1. The molecule has 34 heavy (non-hydrogen) atoms. The van der Waals surface area contributed by atoms with Gasteiger partial charge in [0, 0.05) is 18.4 Å². The van der Waals surface area contributed by atoms with Crippen molar-refractivity contribution in [1.29, 1.82) is 0 Å². The summed E-state index contributed by atoms with van der Waals surface area (Å²) < 4.78 is 17.6. The van der Waals surface area contributed by atoms with E-state index in [-0.39, 0.29) is 24.0 Å². The highest BCUT2D eigenvalue weighted by atomic mass is 16.6. The highest BCUT2D eigenvalue weighted by Gasteiger charge is 2.44. The number of fused-ring (bicyclic) bond motifs is 3. The summed E-state index contributed by atoms with van der Waals surface area (Å²) >= 11 is 0. The van der Waals surface area contributed by atoms with E-state index in [1.165, 1.54) is 0 Å². The molecule has 5 atom stereocenters. The summed E-state index contributed by atoms with van der Waals surface area (Å²) in [6.45, 7) is 12.0. The summed E-state index contributed by atoms with van der Waals surface area (Å²) in [6, 6.07) is 14.1. The summed E-state index contributed by atoms with van der Waals surface area (Å²) in [6.07, 6.45) is 3.43. The van der Waals surface area contributed by atoms with Crippen molar-refractivity contribution in [2.24, 2.45) is 5.92 Å². The average Bonchev–Trinajstić information content (AvgIpc) is 3.29. The number of rotatable bonds is 3. The van der Waals surface area contributed by atoms with Crippen molar-refractivity contribution >= 4 is 22.7 Å². The fourth-order valence-corrected chi connectivity index (χ4v) is 5.06. The fraction of sp³-hybridized carbons (Fsp3) is 0.310. The molecule has 0 unspecified atom stereocenters. The Labute approximate surface area is 199 Å². The van der Waals surface area contributed by atoms with Crippen LogP contribution in [0.25, 0.3) is 10.8 Å². The Kier molecular flexibility index (Phi) is 5.64. The SMILES string of the molecule is C=C1O[C@H]2CC3=C[C@@H](C/C(C)=C/[C@@H](OC(=O)[C@H](C)c4ccc5ccccc5c4)[C@@H]2C1=C)OC3=O. The Balaban J connectivity index is 1.44. The van der Waals surface area contributed by atoms with Crippen molar-refractivity contribution in [2.75, 3.05) is 0 Å². The molecule has 0 radical (unpaired) electrons. The number of carbonyl (C=O) groups is 2. The largest absolute Gasteiger partial charge is 0.490 e. The van der Waals surface area contributed by atoms with Crippen LogP contribution in [0.3, 0.4) is 0 Å². The number of benzene rings is 2. The van der Waals surface area contributed by atoms with Gasteiger partial charge in [0.2, 0.25) is 0 Å². The third-order valence-electron chi connectivity index (χ3n) is 6.99. The molecule has 1 fully saturated rings. The van der Waals surface area contributed by atoms with Gasteiger partial charge < -0.3 is 14.2 Å². The van der Waals surface area contributed by atoms with E-state index in [4.69, 9.17) is 14.2 Å². The number of ether oxygens (including phenoxy) is 3. The molecule has 1 aliphatic carbocycles. The van der Waals surface area contributed by atoms with Crippen molar-refractivity contribution in [2.45, 2.75) is 50.9 Å². The monoisotopic (exact) mass is 456 g/mol. The predicted octanol–water partition coefficient (Wildman–Crippen LogP) is 5.53. The van der Waals surface area contributed by atoms with E-state index in [1.54, 1.807) is 0 Å². The van der Waals surface area contributed by atoms with Gasteiger partial charge in [0.15, 0.2) is 0 Å². The molecule has 2 aromatic carbocycles. The van der Waals surface area contributed by atoms with E-state index in [0.717, 1.165) is 21.9 Å². The Morgan fingerprint density at radius 2 is 1.82 bits per heavy atom. The quantitative estimate of drug-likeness (QED) is 0.449. The minimum Gasteiger partial charge on any atom is -0.490 e. The zero-order valence-electron chi connectivity index (χ0n) is 19.5. The highest BCUT2D eigenvalue weighted by Crippen LogP contribution is 2.42. The summed E-state index contributed by atoms with van der Waals surface area (Å²) in [5, 5.41) is 2.20. The van der Waals surface area contributed by atoms with E-state index >= 15 is 0 Å². The second kappa shape index (κ2) is 8.64. The maximum Gasteiger partial charge on any atom is 0.334 e. The second-order valence-electron chi connectivity index (χ2n) is 9.42. The summed E-state index contributed by atoms with van der Waals surface area (Å²) in [4.78, 5) is 25.7. The zero-order valence-corrected chi connectivity index (χ0v) is 19.5. The molecule has 1 saturated heterocycles. The van der Waals surface area contributed by atoms with Gasteiger partial charge in [-0.1, -0.05) is 61.2 Å². The Hall–Kier alpha value is -3.60. The maximum absolute atomic E-state index is 13.3. The third kappa shape index (κ3) is 4.07. The smallest absolute Gasteiger partial charge is 0.334 e. The molecule has 2 aromatic rings. The normalized spacial score (nSPS) is 28.8. The third-order valence-corrected chi connectivity index (χ3v) is 6.99. The molecule has 2 bridgehead atoms. The zero-order chi connectivity index (χ0) is 24.0. The van der Waals surface area contributed by atoms with Crippen LogP contribution in [0.15, 0.2) is 90.3 Å². The number of hydrogen-bond acceptors (Lipinski definition) is 5. The molecular weight excluding hydrogens is 428 g/mol. The van der Waals surface area contributed by atoms with E-state index in [1.807, 2.05) is 68.5 Å². The lowest BCUT2D eigenvalue weighted by Crippen LogP contribution is -2.34. The average molecular weight is 457 g/mol. The van der Waals surface area contributed by atoms with Gasteiger partial charge in [0.1, 0.15) is 24.1 Å². The Morgan fingerprint density at radius 1 is 1.06 bits per heavy atom. The van der Waals surface area contributed by atoms with Gasteiger partial charge in [-0.2, -0.15) is 0 Å². The van der Waals surface area contributed by atoms with Crippen molar-refractivity contribution in [3.63, 3.8) is 0 Å². The molecule has 5 rings (SSSR count). The molecule has 5 nitrogen and oxygen atoms in total. The lowest BCUT2D eigenvalue weighted by atomic mass is 9.85. The van der Waals surface area contributed by atoms with Crippen molar-refractivity contribution in [1.82, 2.24) is 0 Å². The number of hydrogen-bond donors (Lipinski definition) is 0. The molecule has 0 aromatic heterocycles. The maximum atomic E-state index is 13.3. The summed E-state index contributed by atoms with van der Waals surface area (Å²) in [7, 11) is 0. The van der Waals surface area contributed by atoms with Crippen LogP contribution in [0.4, 0.5) is 0 Å². The highest BCUT2D eigenvalue weighted by molar-refractivity contribution is 5.91. The molecule has 174 valence electrons. The summed E-state index contributed by atoms with van der Waals surface area (Å²) in [5.74, 6) is -0.952. The molecule has 0 saturated carbocycles. The van der Waals surface area contributed by atoms with Crippen LogP contribution in [0, 0.1) is 5.92 Å². The van der Waals surface area contributed by atoms with Gasteiger partial charge in [-0.3, -0.25) is 4.79 Å². The van der Waals surface area contributed by atoms with Gasteiger partial charge in [-0.05, 0) is 47.9 Å². The first-order valence-corrected chi connectivity index (χ1v) is 11.6. The van der Waals surface area contributed by atoms with Gasteiger partial charge >= 0.3 is 11.9 Å². The first kappa shape index (κ1) is 22.2. The van der Waals surface area contributed by atoms with Crippen LogP contribution >= 0.6 is 0 Å². The van der Waals surface area contributed by atoms with Crippen LogP contribution in [-0.2, 0) is 23.8 Å². The molecular formula is C29H28O5. The summed E-state index contributed by atoms with van der Waals surface area (Å²) in [5.41, 5.74) is 3.15. The van der Waals surface area contributed by atoms with Gasteiger partial charge in [0.25, 0.3) is 0 Å². The van der Waals surface area contributed by atoms with Gasteiger partial charge in [-0.15, -0.1) is 0 Å². The first-order chi connectivity index (χ1) is 16.3. The molecule has 3 aliphatic rings. The molecule has 2 aliphatic heterocycles. The van der Waals surface area contributed by atoms with Crippen LogP contribution in [0.2, 0.25) is 0 Å². The minimum absolute atomic E-state index is 0.309. The first-order valence-electron chi connectivity index (χ1n) is 11.6. The fourth-order valence-electron chi connectivity index (χ4n) is 5.06.